The molecule has 2 aliphatic heterocycles. The van der Waals surface area contributed by atoms with Crippen molar-refractivity contribution in [1.82, 2.24) is 40.4 Å². The number of carbonyl (C=O) groups excluding carboxylic acids is 4. The van der Waals surface area contributed by atoms with Crippen molar-refractivity contribution in [3.8, 4) is 22.4 Å². The van der Waals surface area contributed by atoms with E-state index in [1.165, 1.54) is 19.8 Å². The molecule has 3 aliphatic carbocycles. The first-order chi connectivity index (χ1) is 30.3. The van der Waals surface area contributed by atoms with Gasteiger partial charge in [0.1, 0.15) is 23.7 Å². The lowest BCUT2D eigenvalue weighted by molar-refractivity contribution is -0.136. The Balaban J connectivity index is 0.841. The van der Waals surface area contributed by atoms with Crippen LogP contribution >= 0.6 is 0 Å². The molecule has 4 aromatic carbocycles. The summed E-state index contributed by atoms with van der Waals surface area (Å²) in [4.78, 5) is 74.7. The van der Waals surface area contributed by atoms with Gasteiger partial charge in [-0.2, -0.15) is 0 Å². The topological polar surface area (TPSA) is 175 Å². The maximum atomic E-state index is 14.3. The Bertz CT molecular complexity index is 2750. The Morgan fingerprint density at radius 2 is 1.19 bits per heavy atom. The predicted molar refractivity (Wildman–Crippen MR) is 228 cm³/mol. The minimum atomic E-state index is -0.878. The SMILES string of the molecule is COC(=O)N[C@@H](C(=O)N1[C@@H]2C[C@@H]2C[C@H]1c1nc2c([nH]1)CCc1cc(-c3ccc4nc([C@@H]5C[C@H]6C[C@H]6N5C(=O)[C@H](NC(=O)OC)c5ccccc5)[nH]c4c3)ccc1-2)c1ccccc1. The Morgan fingerprint density at radius 1 is 0.645 bits per heavy atom. The van der Waals surface area contributed by atoms with Gasteiger partial charge in [-0.25, -0.2) is 19.6 Å². The van der Waals surface area contributed by atoms with Crippen LogP contribution in [0.2, 0.25) is 0 Å². The summed E-state index contributed by atoms with van der Waals surface area (Å²) in [6.45, 7) is 0. The van der Waals surface area contributed by atoms with Crippen LogP contribution in [0, 0.1) is 11.8 Å². The maximum Gasteiger partial charge on any atom is 0.407 e. The van der Waals surface area contributed by atoms with Crippen molar-refractivity contribution in [3.63, 3.8) is 0 Å². The van der Waals surface area contributed by atoms with E-state index in [9.17, 15) is 19.2 Å². The molecular weight excluding hydrogens is 785 g/mol. The van der Waals surface area contributed by atoms with E-state index < -0.39 is 24.3 Å². The van der Waals surface area contributed by atoms with Crippen LogP contribution in [0.1, 0.15) is 83.9 Å². The summed E-state index contributed by atoms with van der Waals surface area (Å²) >= 11 is 0. The molecule has 2 saturated heterocycles. The van der Waals surface area contributed by atoms with Gasteiger partial charge in [0.15, 0.2) is 0 Å². The van der Waals surface area contributed by atoms with E-state index in [1.807, 2.05) is 76.5 Å². The van der Waals surface area contributed by atoms with E-state index in [1.54, 1.807) is 0 Å². The highest BCUT2D eigenvalue weighted by Crippen LogP contribution is 2.55. The molecule has 62 heavy (non-hydrogen) atoms. The largest absolute Gasteiger partial charge is 0.453 e. The van der Waals surface area contributed by atoms with Gasteiger partial charge in [0, 0.05) is 23.3 Å². The number of nitrogens with zero attached hydrogens (tertiary/aromatic N) is 4. The average molecular weight is 831 g/mol. The van der Waals surface area contributed by atoms with Gasteiger partial charge in [0.05, 0.1) is 43.0 Å². The third-order valence-electron chi connectivity index (χ3n) is 13.6. The number of aromatic amines is 2. The second kappa shape index (κ2) is 14.9. The van der Waals surface area contributed by atoms with Crippen molar-refractivity contribution >= 4 is 35.0 Å². The first kappa shape index (κ1) is 38.0. The lowest BCUT2D eigenvalue weighted by Gasteiger charge is -2.30. The number of amides is 4. The van der Waals surface area contributed by atoms with E-state index in [4.69, 9.17) is 19.4 Å². The molecule has 314 valence electrons. The smallest absolute Gasteiger partial charge is 0.407 e. The van der Waals surface area contributed by atoms with Crippen molar-refractivity contribution in [3.05, 3.63) is 131 Å². The van der Waals surface area contributed by atoms with Crippen molar-refractivity contribution in [1.29, 1.82) is 0 Å². The molecule has 6 aromatic rings. The van der Waals surface area contributed by atoms with Crippen molar-refractivity contribution in [2.75, 3.05) is 14.2 Å². The van der Waals surface area contributed by atoms with Crippen LogP contribution in [0.4, 0.5) is 9.59 Å². The number of likely N-dealkylation sites (tertiary alicyclic amines) is 2. The number of H-pyrrole nitrogens is 2. The van der Waals surface area contributed by atoms with E-state index in [2.05, 4.69) is 50.9 Å². The minimum absolute atomic E-state index is 0.107. The second-order valence-electron chi connectivity index (χ2n) is 17.3. The molecule has 4 amide bonds. The number of nitrogens with one attached hydrogen (secondary N) is 4. The molecule has 0 bridgehead atoms. The summed E-state index contributed by atoms with van der Waals surface area (Å²) in [6, 6.07) is 29.4. The van der Waals surface area contributed by atoms with Gasteiger partial charge in [0.2, 0.25) is 0 Å². The van der Waals surface area contributed by atoms with Gasteiger partial charge in [-0.05, 0) is 90.3 Å². The van der Waals surface area contributed by atoms with Crippen LogP contribution in [-0.4, -0.2) is 80.0 Å². The summed E-state index contributed by atoms with van der Waals surface area (Å²) in [5.74, 6) is 2.00. The number of fused-ring (bicyclic) bond motifs is 6. The van der Waals surface area contributed by atoms with Gasteiger partial charge in [0.25, 0.3) is 11.8 Å². The van der Waals surface area contributed by atoms with Crippen LogP contribution in [0.5, 0.6) is 0 Å². The number of hydrogen-bond donors (Lipinski definition) is 4. The number of hydrogen-bond acceptors (Lipinski definition) is 8. The van der Waals surface area contributed by atoms with E-state index in [0.717, 1.165) is 89.3 Å². The Kier molecular flexibility index (Phi) is 9.13. The zero-order valence-corrected chi connectivity index (χ0v) is 34.3. The molecular formula is C48H46N8O6. The lowest BCUT2D eigenvalue weighted by Crippen LogP contribution is -2.44. The number of methoxy groups -OCH3 is 2. The molecule has 4 fully saturated rings. The van der Waals surface area contributed by atoms with E-state index in [-0.39, 0.29) is 36.0 Å². The second-order valence-corrected chi connectivity index (χ2v) is 17.3. The normalized spacial score (nSPS) is 23.6. The van der Waals surface area contributed by atoms with Gasteiger partial charge in [-0.3, -0.25) is 9.59 Å². The quantitative estimate of drug-likeness (QED) is 0.118. The number of imidazole rings is 2. The number of aryl methyl sites for hydroxylation is 2. The van der Waals surface area contributed by atoms with Crippen molar-refractivity contribution in [2.24, 2.45) is 11.8 Å². The standard InChI is InChI=1S/C48H46N8O6/c1-61-47(59)53-40(25-9-5-3-6-10-25)45(57)55-36-21-30(36)23-38(55)43-49-33-17-14-28(20-35(33)51-43)27-13-16-32-29(19-27)15-18-34-42(32)52-44(50-34)39-24-31-22-37(31)56(39)46(58)41(54-48(60)62-2)26-11-7-4-8-12-26/h3-14,16-17,19-20,30-31,36-41H,15,18,21-24H2,1-2H3,(H,49,51)(H,50,52)(H,53,59)(H,54,60)/t30-,31-,36-,37-,38+,39+,40-,41-/m1/s1. The highest BCUT2D eigenvalue weighted by molar-refractivity contribution is 5.90. The summed E-state index contributed by atoms with van der Waals surface area (Å²) in [7, 11) is 2.60. The Labute approximate surface area is 357 Å². The number of aromatic nitrogens is 4. The summed E-state index contributed by atoms with van der Waals surface area (Å²) in [5, 5.41) is 5.55. The Hall–Kier alpha value is -6.96. The summed E-state index contributed by atoms with van der Waals surface area (Å²) < 4.78 is 9.80. The maximum absolute atomic E-state index is 14.3. The van der Waals surface area contributed by atoms with Gasteiger partial charge in [-0.1, -0.05) is 84.9 Å². The molecule has 2 aromatic heterocycles. The highest BCUT2D eigenvalue weighted by Gasteiger charge is 2.57. The fourth-order valence-corrected chi connectivity index (χ4v) is 10.4. The molecule has 8 atom stereocenters. The highest BCUT2D eigenvalue weighted by atomic mass is 16.5. The van der Waals surface area contributed by atoms with Crippen LogP contribution in [-0.2, 0) is 31.9 Å². The van der Waals surface area contributed by atoms with E-state index in [0.29, 0.717) is 23.0 Å². The van der Waals surface area contributed by atoms with Crippen molar-refractivity contribution in [2.45, 2.75) is 74.8 Å². The third kappa shape index (κ3) is 6.55. The first-order valence-electron chi connectivity index (χ1n) is 21.4. The number of rotatable bonds is 9. The molecule has 0 unspecified atom stereocenters. The van der Waals surface area contributed by atoms with Crippen LogP contribution in [0.25, 0.3) is 33.4 Å². The van der Waals surface area contributed by atoms with Crippen LogP contribution < -0.4 is 10.6 Å². The molecule has 4 heterocycles. The molecule has 5 aliphatic rings. The first-order valence-corrected chi connectivity index (χ1v) is 21.4. The van der Waals surface area contributed by atoms with Gasteiger partial charge >= 0.3 is 12.2 Å². The lowest BCUT2D eigenvalue weighted by atomic mass is 9.89. The number of ether oxygens (including phenoxy) is 2. The molecule has 0 radical (unpaired) electrons. The van der Waals surface area contributed by atoms with E-state index >= 15 is 0 Å². The van der Waals surface area contributed by atoms with Crippen LogP contribution in [0.15, 0.2) is 97.1 Å². The number of piperidine rings is 2. The average Bonchev–Trinajstić information content (AvgIpc) is 3.96. The van der Waals surface area contributed by atoms with Gasteiger partial charge < -0.3 is 39.9 Å². The molecule has 14 nitrogen and oxygen atoms in total. The minimum Gasteiger partial charge on any atom is -0.453 e. The van der Waals surface area contributed by atoms with Crippen LogP contribution in [0.3, 0.4) is 0 Å². The summed E-state index contributed by atoms with van der Waals surface area (Å²) in [5.41, 5.74) is 9.52. The third-order valence-corrected chi connectivity index (χ3v) is 13.6. The monoisotopic (exact) mass is 830 g/mol. The summed E-state index contributed by atoms with van der Waals surface area (Å²) in [6.07, 6.45) is 3.85. The van der Waals surface area contributed by atoms with Crippen molar-refractivity contribution < 1.29 is 28.7 Å². The molecule has 4 N–H and O–H groups in total. The molecule has 2 saturated carbocycles. The fraction of sp³-hybridized carbons (Fsp3) is 0.333. The fourth-order valence-electron chi connectivity index (χ4n) is 10.4. The number of benzene rings is 4. The number of alkyl carbamates (subject to hydrolysis) is 2. The molecule has 11 rings (SSSR count). The molecule has 14 heteroatoms. The molecule has 0 spiro atoms. The Morgan fingerprint density at radius 3 is 1.77 bits per heavy atom. The predicted octanol–water partition coefficient (Wildman–Crippen LogP) is 7.24. The zero-order chi connectivity index (χ0) is 42.2. The zero-order valence-electron chi connectivity index (χ0n) is 34.3. The number of carbonyl (C=O) groups is 4. The van der Waals surface area contributed by atoms with Gasteiger partial charge in [-0.15, -0.1) is 0 Å².